The Morgan fingerprint density at radius 2 is 2.47 bits per heavy atom. The molecule has 1 aliphatic heterocycles. The van der Waals surface area contributed by atoms with E-state index in [1.165, 1.54) is 6.20 Å². The van der Waals surface area contributed by atoms with Crippen LogP contribution in [0, 0.1) is 10.1 Å². The SMILES string of the molecule is CC1CC(Nc2cccnc2[N+](=O)[O-])CCO1. The Hall–Kier alpha value is -1.69. The maximum absolute atomic E-state index is 10.8. The van der Waals surface area contributed by atoms with Crippen molar-refractivity contribution in [1.29, 1.82) is 0 Å². The summed E-state index contributed by atoms with van der Waals surface area (Å²) < 4.78 is 5.43. The number of anilines is 1. The number of nitrogens with one attached hydrogen (secondary N) is 1. The third kappa shape index (κ3) is 2.91. The lowest BCUT2D eigenvalue weighted by Gasteiger charge is -2.28. The molecule has 1 aromatic heterocycles. The van der Waals surface area contributed by atoms with Crippen molar-refractivity contribution in [3.05, 3.63) is 28.4 Å². The van der Waals surface area contributed by atoms with Crippen LogP contribution in [0.5, 0.6) is 0 Å². The fourth-order valence-corrected chi connectivity index (χ4v) is 2.00. The van der Waals surface area contributed by atoms with Gasteiger partial charge in [0.2, 0.25) is 0 Å². The Labute approximate surface area is 99.2 Å². The molecule has 1 aromatic rings. The molecule has 1 aliphatic rings. The van der Waals surface area contributed by atoms with Gasteiger partial charge in [-0.1, -0.05) is 0 Å². The quantitative estimate of drug-likeness (QED) is 0.642. The molecule has 1 fully saturated rings. The Morgan fingerprint density at radius 1 is 1.65 bits per heavy atom. The van der Waals surface area contributed by atoms with E-state index < -0.39 is 4.92 Å². The summed E-state index contributed by atoms with van der Waals surface area (Å²) in [5.74, 6) is -0.119. The van der Waals surface area contributed by atoms with E-state index in [2.05, 4.69) is 10.3 Å². The highest BCUT2D eigenvalue weighted by atomic mass is 16.6. The number of aromatic nitrogens is 1. The van der Waals surface area contributed by atoms with Crippen LogP contribution in [0.3, 0.4) is 0 Å². The van der Waals surface area contributed by atoms with Crippen LogP contribution in [0.15, 0.2) is 18.3 Å². The summed E-state index contributed by atoms with van der Waals surface area (Å²) in [6.45, 7) is 2.69. The number of hydrogen-bond donors (Lipinski definition) is 1. The highest BCUT2D eigenvalue weighted by Crippen LogP contribution is 2.24. The van der Waals surface area contributed by atoms with Gasteiger partial charge in [0.15, 0.2) is 0 Å². The summed E-state index contributed by atoms with van der Waals surface area (Å²) >= 11 is 0. The molecule has 2 atom stereocenters. The van der Waals surface area contributed by atoms with Gasteiger partial charge in [-0.2, -0.15) is 0 Å². The molecule has 0 bridgehead atoms. The van der Waals surface area contributed by atoms with Gasteiger partial charge in [0.25, 0.3) is 0 Å². The zero-order valence-corrected chi connectivity index (χ0v) is 9.63. The lowest BCUT2D eigenvalue weighted by molar-refractivity contribution is -0.388. The minimum absolute atomic E-state index is 0.119. The van der Waals surface area contributed by atoms with Crippen LogP contribution in [0.1, 0.15) is 19.8 Å². The number of nitro groups is 1. The first-order valence-electron chi connectivity index (χ1n) is 5.64. The summed E-state index contributed by atoms with van der Waals surface area (Å²) in [5.41, 5.74) is 0.483. The number of rotatable bonds is 3. The van der Waals surface area contributed by atoms with Gasteiger partial charge >= 0.3 is 5.82 Å². The van der Waals surface area contributed by atoms with E-state index in [1.807, 2.05) is 6.92 Å². The molecular formula is C11H15N3O3. The monoisotopic (exact) mass is 237 g/mol. The Bertz CT molecular complexity index is 411. The average Bonchev–Trinajstić information content (AvgIpc) is 2.29. The van der Waals surface area contributed by atoms with Gasteiger partial charge < -0.3 is 20.2 Å². The van der Waals surface area contributed by atoms with Crippen LogP contribution in [0.4, 0.5) is 11.5 Å². The predicted molar refractivity (Wildman–Crippen MR) is 63.0 cm³/mol. The number of ether oxygens (including phenoxy) is 1. The van der Waals surface area contributed by atoms with E-state index in [9.17, 15) is 10.1 Å². The van der Waals surface area contributed by atoms with Crippen LogP contribution in [-0.4, -0.2) is 28.7 Å². The maximum atomic E-state index is 10.8. The summed E-state index contributed by atoms with van der Waals surface area (Å²) in [7, 11) is 0. The highest BCUT2D eigenvalue weighted by molar-refractivity contribution is 5.57. The average molecular weight is 237 g/mol. The molecule has 0 aliphatic carbocycles. The zero-order valence-electron chi connectivity index (χ0n) is 9.63. The van der Waals surface area contributed by atoms with E-state index in [0.29, 0.717) is 12.3 Å². The fourth-order valence-electron chi connectivity index (χ4n) is 2.00. The van der Waals surface area contributed by atoms with Crippen molar-refractivity contribution in [1.82, 2.24) is 4.98 Å². The van der Waals surface area contributed by atoms with Gasteiger partial charge in [-0.05, 0) is 41.8 Å². The van der Waals surface area contributed by atoms with Crippen LogP contribution >= 0.6 is 0 Å². The van der Waals surface area contributed by atoms with E-state index in [1.54, 1.807) is 12.1 Å². The molecule has 2 heterocycles. The predicted octanol–water partition coefficient (Wildman–Crippen LogP) is 1.97. The van der Waals surface area contributed by atoms with Gasteiger partial charge in [-0.3, -0.25) is 0 Å². The number of hydrogen-bond acceptors (Lipinski definition) is 5. The molecule has 2 rings (SSSR count). The van der Waals surface area contributed by atoms with Crippen LogP contribution in [-0.2, 0) is 4.74 Å². The van der Waals surface area contributed by atoms with Crippen LogP contribution in [0.25, 0.3) is 0 Å². The lowest BCUT2D eigenvalue weighted by atomic mass is 10.0. The third-order valence-electron chi connectivity index (χ3n) is 2.80. The molecule has 0 amide bonds. The standard InChI is InChI=1S/C11H15N3O3/c1-8-7-9(4-6-17-8)13-10-3-2-5-12-11(10)14(15)16/h2-3,5,8-9,13H,4,6-7H2,1H3. The topological polar surface area (TPSA) is 77.3 Å². The van der Waals surface area contributed by atoms with E-state index in [0.717, 1.165) is 12.8 Å². The molecule has 0 spiro atoms. The van der Waals surface area contributed by atoms with Crippen molar-refractivity contribution in [2.45, 2.75) is 31.9 Å². The Balaban J connectivity index is 2.10. The zero-order chi connectivity index (χ0) is 12.3. The first kappa shape index (κ1) is 11.8. The second kappa shape index (κ2) is 5.09. The van der Waals surface area contributed by atoms with Crippen LogP contribution in [0.2, 0.25) is 0 Å². The van der Waals surface area contributed by atoms with Gasteiger partial charge in [0.1, 0.15) is 11.9 Å². The molecular weight excluding hydrogens is 222 g/mol. The third-order valence-corrected chi connectivity index (χ3v) is 2.80. The molecule has 6 nitrogen and oxygen atoms in total. The van der Waals surface area contributed by atoms with Gasteiger partial charge in [-0.15, -0.1) is 0 Å². The van der Waals surface area contributed by atoms with E-state index in [-0.39, 0.29) is 18.0 Å². The van der Waals surface area contributed by atoms with Crippen molar-refractivity contribution in [3.8, 4) is 0 Å². The molecule has 1 saturated heterocycles. The van der Waals surface area contributed by atoms with Crippen molar-refractivity contribution >= 4 is 11.5 Å². The molecule has 0 saturated carbocycles. The van der Waals surface area contributed by atoms with Gasteiger partial charge in [-0.25, -0.2) is 0 Å². The van der Waals surface area contributed by atoms with Gasteiger partial charge in [0.05, 0.1) is 6.10 Å². The second-order valence-corrected chi connectivity index (χ2v) is 4.18. The second-order valence-electron chi connectivity index (χ2n) is 4.18. The van der Waals surface area contributed by atoms with Crippen molar-refractivity contribution in [2.24, 2.45) is 0 Å². The highest BCUT2D eigenvalue weighted by Gasteiger charge is 2.22. The summed E-state index contributed by atoms with van der Waals surface area (Å²) in [5, 5.41) is 14.0. The van der Waals surface area contributed by atoms with E-state index >= 15 is 0 Å². The molecule has 1 N–H and O–H groups in total. The maximum Gasteiger partial charge on any atom is 0.386 e. The first-order valence-corrected chi connectivity index (χ1v) is 5.64. The smallest absolute Gasteiger partial charge is 0.378 e. The summed E-state index contributed by atoms with van der Waals surface area (Å²) in [6, 6.07) is 3.59. The number of pyridine rings is 1. The van der Waals surface area contributed by atoms with E-state index in [4.69, 9.17) is 4.74 Å². The van der Waals surface area contributed by atoms with Crippen molar-refractivity contribution in [3.63, 3.8) is 0 Å². The Morgan fingerprint density at radius 3 is 3.18 bits per heavy atom. The number of nitrogens with zero attached hydrogens (tertiary/aromatic N) is 2. The summed E-state index contributed by atoms with van der Waals surface area (Å²) in [4.78, 5) is 14.1. The molecule has 0 aromatic carbocycles. The van der Waals surface area contributed by atoms with Gasteiger partial charge in [0, 0.05) is 12.6 Å². The molecule has 2 unspecified atom stereocenters. The molecule has 6 heteroatoms. The van der Waals surface area contributed by atoms with Crippen molar-refractivity contribution < 1.29 is 9.66 Å². The minimum atomic E-state index is -0.467. The lowest BCUT2D eigenvalue weighted by Crippen LogP contribution is -2.32. The molecule has 0 radical (unpaired) electrons. The summed E-state index contributed by atoms with van der Waals surface area (Å²) in [6.07, 6.45) is 3.33. The van der Waals surface area contributed by atoms with Crippen molar-refractivity contribution in [2.75, 3.05) is 11.9 Å². The fraction of sp³-hybridized carbons (Fsp3) is 0.545. The molecule has 92 valence electrons. The Kier molecular flexibility index (Phi) is 3.53. The minimum Gasteiger partial charge on any atom is -0.378 e. The van der Waals surface area contributed by atoms with Crippen LogP contribution < -0.4 is 5.32 Å². The first-order chi connectivity index (χ1) is 8.16. The largest absolute Gasteiger partial charge is 0.386 e. The normalized spacial score (nSPS) is 24.3. The molecule has 17 heavy (non-hydrogen) atoms.